The molecule has 0 spiro atoms. The second kappa shape index (κ2) is 5.98. The van der Waals surface area contributed by atoms with Crippen molar-refractivity contribution in [2.45, 2.75) is 13.5 Å². The maximum absolute atomic E-state index is 4.59. The van der Waals surface area contributed by atoms with Gasteiger partial charge >= 0.3 is 0 Å². The van der Waals surface area contributed by atoms with Gasteiger partial charge in [0.05, 0.1) is 10.1 Å². The van der Waals surface area contributed by atoms with Crippen molar-refractivity contribution in [1.82, 2.24) is 19.9 Å². The number of nitrogens with one attached hydrogen (secondary N) is 2. The molecule has 0 atom stereocenters. The maximum atomic E-state index is 4.59. The number of rotatable bonds is 5. The minimum atomic E-state index is 0.602. The van der Waals surface area contributed by atoms with Crippen LogP contribution in [0.25, 0.3) is 11.2 Å². The van der Waals surface area contributed by atoms with Crippen molar-refractivity contribution in [2.24, 2.45) is 0 Å². The molecule has 110 valence electrons. The molecular formula is C13H15BrN6S. The van der Waals surface area contributed by atoms with Crippen LogP contribution in [0, 0.1) is 0 Å². The second-order valence-electron chi connectivity index (χ2n) is 4.62. The number of thiophene rings is 1. The summed E-state index contributed by atoms with van der Waals surface area (Å²) in [5.74, 6) is 1.45. The summed E-state index contributed by atoms with van der Waals surface area (Å²) in [6.45, 7) is 3.57. The molecule has 2 N–H and O–H groups in total. The van der Waals surface area contributed by atoms with E-state index in [-0.39, 0.29) is 0 Å². The number of H-pyrrole nitrogens is 1. The Hall–Kier alpha value is -1.67. The van der Waals surface area contributed by atoms with E-state index in [2.05, 4.69) is 57.5 Å². The minimum Gasteiger partial charge on any atom is -0.354 e. The SMILES string of the molecule is CCNc1nc(N(C)Cc2csc(Br)c2)c2[nH]cnc2n1. The molecular weight excluding hydrogens is 352 g/mol. The monoisotopic (exact) mass is 366 g/mol. The Morgan fingerprint density at radius 2 is 2.29 bits per heavy atom. The zero-order valence-electron chi connectivity index (χ0n) is 11.7. The Morgan fingerprint density at radius 3 is 3.00 bits per heavy atom. The third-order valence-corrected chi connectivity index (χ3v) is 4.56. The molecule has 0 aliphatic rings. The minimum absolute atomic E-state index is 0.602. The van der Waals surface area contributed by atoms with Gasteiger partial charge in [-0.2, -0.15) is 9.97 Å². The quantitative estimate of drug-likeness (QED) is 0.725. The van der Waals surface area contributed by atoms with E-state index in [9.17, 15) is 0 Å². The Labute approximate surface area is 134 Å². The van der Waals surface area contributed by atoms with Crippen LogP contribution in [-0.4, -0.2) is 33.5 Å². The van der Waals surface area contributed by atoms with E-state index < -0.39 is 0 Å². The van der Waals surface area contributed by atoms with Gasteiger partial charge in [0.1, 0.15) is 5.52 Å². The van der Waals surface area contributed by atoms with Crippen molar-refractivity contribution >= 4 is 50.2 Å². The first-order valence-electron chi connectivity index (χ1n) is 6.56. The van der Waals surface area contributed by atoms with Crippen LogP contribution in [0.15, 0.2) is 21.6 Å². The highest BCUT2D eigenvalue weighted by Gasteiger charge is 2.14. The zero-order valence-corrected chi connectivity index (χ0v) is 14.1. The molecule has 0 aliphatic heterocycles. The molecule has 3 aromatic heterocycles. The van der Waals surface area contributed by atoms with Gasteiger partial charge in [0.25, 0.3) is 0 Å². The van der Waals surface area contributed by atoms with Crippen LogP contribution in [0.1, 0.15) is 12.5 Å². The van der Waals surface area contributed by atoms with E-state index in [0.717, 1.165) is 28.2 Å². The summed E-state index contributed by atoms with van der Waals surface area (Å²) in [5, 5.41) is 5.28. The molecule has 0 bridgehead atoms. The lowest BCUT2D eigenvalue weighted by molar-refractivity contribution is 0.900. The Kier molecular flexibility index (Phi) is 4.07. The van der Waals surface area contributed by atoms with Crippen molar-refractivity contribution in [3.8, 4) is 0 Å². The number of anilines is 2. The molecule has 0 saturated carbocycles. The van der Waals surface area contributed by atoms with E-state index in [4.69, 9.17) is 0 Å². The lowest BCUT2D eigenvalue weighted by atomic mass is 10.3. The van der Waals surface area contributed by atoms with Crippen LogP contribution in [-0.2, 0) is 6.54 Å². The van der Waals surface area contributed by atoms with E-state index in [1.807, 2.05) is 14.0 Å². The molecule has 21 heavy (non-hydrogen) atoms. The highest BCUT2D eigenvalue weighted by Crippen LogP contribution is 2.26. The summed E-state index contributed by atoms with van der Waals surface area (Å²) in [6, 6.07) is 2.12. The Balaban J connectivity index is 1.95. The Morgan fingerprint density at radius 1 is 1.43 bits per heavy atom. The van der Waals surface area contributed by atoms with Crippen molar-refractivity contribution < 1.29 is 0 Å². The molecule has 8 heteroatoms. The number of aromatic nitrogens is 4. The number of hydrogen-bond donors (Lipinski definition) is 2. The van der Waals surface area contributed by atoms with Crippen LogP contribution in [0.2, 0.25) is 0 Å². The zero-order chi connectivity index (χ0) is 14.8. The third-order valence-electron chi connectivity index (χ3n) is 3.00. The van der Waals surface area contributed by atoms with E-state index in [0.29, 0.717) is 11.6 Å². The standard InChI is InChI=1S/C13H15BrN6S/c1-3-15-13-18-11-10(16-7-17-11)12(19-13)20(2)5-8-4-9(14)21-6-8/h4,6-7H,3,5H2,1-2H3,(H2,15,16,17,18,19). The molecule has 3 heterocycles. The van der Waals surface area contributed by atoms with Crippen molar-refractivity contribution in [3.63, 3.8) is 0 Å². The van der Waals surface area contributed by atoms with Gasteiger partial charge in [0.15, 0.2) is 11.5 Å². The summed E-state index contributed by atoms with van der Waals surface area (Å²) in [5.41, 5.74) is 2.77. The van der Waals surface area contributed by atoms with E-state index in [1.165, 1.54) is 5.56 Å². The average Bonchev–Trinajstić information content (AvgIpc) is 3.07. The fourth-order valence-corrected chi connectivity index (χ4v) is 3.31. The van der Waals surface area contributed by atoms with E-state index in [1.54, 1.807) is 17.7 Å². The summed E-state index contributed by atoms with van der Waals surface area (Å²) in [4.78, 5) is 18.4. The lowest BCUT2D eigenvalue weighted by Gasteiger charge is -2.18. The van der Waals surface area contributed by atoms with Crippen LogP contribution >= 0.6 is 27.3 Å². The average molecular weight is 367 g/mol. The molecule has 3 aromatic rings. The molecule has 0 amide bonds. The highest BCUT2D eigenvalue weighted by atomic mass is 79.9. The summed E-state index contributed by atoms with van der Waals surface area (Å²) in [6.07, 6.45) is 1.65. The maximum Gasteiger partial charge on any atom is 0.226 e. The molecule has 0 unspecified atom stereocenters. The van der Waals surface area contributed by atoms with Gasteiger partial charge < -0.3 is 15.2 Å². The number of aromatic amines is 1. The van der Waals surface area contributed by atoms with Gasteiger partial charge in [-0.1, -0.05) is 0 Å². The van der Waals surface area contributed by atoms with Crippen molar-refractivity contribution in [1.29, 1.82) is 0 Å². The molecule has 6 nitrogen and oxygen atoms in total. The number of nitrogens with zero attached hydrogens (tertiary/aromatic N) is 4. The first kappa shape index (κ1) is 14.3. The van der Waals surface area contributed by atoms with Crippen molar-refractivity contribution in [3.05, 3.63) is 27.1 Å². The van der Waals surface area contributed by atoms with Crippen LogP contribution in [0.4, 0.5) is 11.8 Å². The van der Waals surface area contributed by atoms with Gasteiger partial charge in [-0.25, -0.2) is 4.98 Å². The summed E-state index contributed by atoms with van der Waals surface area (Å²) >= 11 is 5.18. The summed E-state index contributed by atoms with van der Waals surface area (Å²) in [7, 11) is 2.02. The highest BCUT2D eigenvalue weighted by molar-refractivity contribution is 9.11. The molecule has 0 radical (unpaired) electrons. The van der Waals surface area contributed by atoms with Gasteiger partial charge in [-0.15, -0.1) is 11.3 Å². The molecule has 0 aliphatic carbocycles. The molecule has 0 saturated heterocycles. The predicted octanol–water partition coefficient (Wildman–Crippen LogP) is 3.25. The van der Waals surface area contributed by atoms with Gasteiger partial charge in [0.2, 0.25) is 5.95 Å². The number of hydrogen-bond acceptors (Lipinski definition) is 6. The molecule has 0 aromatic carbocycles. The normalized spacial score (nSPS) is 11.0. The number of imidazole rings is 1. The first-order valence-corrected chi connectivity index (χ1v) is 8.23. The largest absolute Gasteiger partial charge is 0.354 e. The van der Waals surface area contributed by atoms with Gasteiger partial charge in [-0.3, -0.25) is 0 Å². The van der Waals surface area contributed by atoms with Crippen LogP contribution in [0.3, 0.4) is 0 Å². The fourth-order valence-electron chi connectivity index (χ4n) is 2.11. The van der Waals surface area contributed by atoms with Crippen LogP contribution in [0.5, 0.6) is 0 Å². The van der Waals surface area contributed by atoms with Gasteiger partial charge in [-0.05, 0) is 39.9 Å². The summed E-state index contributed by atoms with van der Waals surface area (Å²) < 4.78 is 1.13. The predicted molar refractivity (Wildman–Crippen MR) is 90.0 cm³/mol. The smallest absolute Gasteiger partial charge is 0.226 e. The second-order valence-corrected chi connectivity index (χ2v) is 6.91. The Bertz CT molecular complexity index is 752. The van der Waals surface area contributed by atoms with Crippen LogP contribution < -0.4 is 10.2 Å². The molecule has 3 rings (SSSR count). The fraction of sp³-hybridized carbons (Fsp3) is 0.308. The van der Waals surface area contributed by atoms with E-state index >= 15 is 0 Å². The molecule has 0 fully saturated rings. The third kappa shape index (κ3) is 3.01. The first-order chi connectivity index (χ1) is 10.2. The number of halogens is 1. The van der Waals surface area contributed by atoms with Gasteiger partial charge in [0, 0.05) is 20.1 Å². The number of fused-ring (bicyclic) bond motifs is 1. The van der Waals surface area contributed by atoms with Crippen molar-refractivity contribution in [2.75, 3.05) is 23.8 Å². The lowest BCUT2D eigenvalue weighted by Crippen LogP contribution is -2.19. The topological polar surface area (TPSA) is 69.7 Å².